The summed E-state index contributed by atoms with van der Waals surface area (Å²) in [6.45, 7) is 17.3. The summed E-state index contributed by atoms with van der Waals surface area (Å²) in [5.74, 6) is -0.132. The van der Waals surface area contributed by atoms with E-state index in [1.165, 1.54) is 0 Å². The predicted molar refractivity (Wildman–Crippen MR) is 97.9 cm³/mol. The summed E-state index contributed by atoms with van der Waals surface area (Å²) in [6.07, 6.45) is 2.98. The molecule has 0 saturated carbocycles. The third-order valence-electron chi connectivity index (χ3n) is 4.75. The Bertz CT molecular complexity index is 396. The monoisotopic (exact) mass is 344 g/mol. The van der Waals surface area contributed by atoms with Crippen molar-refractivity contribution in [2.24, 2.45) is 5.92 Å². The summed E-state index contributed by atoms with van der Waals surface area (Å²) in [7, 11) is -1.82. The minimum atomic E-state index is -1.82. The van der Waals surface area contributed by atoms with E-state index in [9.17, 15) is 9.90 Å². The lowest BCUT2D eigenvalue weighted by Crippen LogP contribution is -2.43. The zero-order valence-electron chi connectivity index (χ0n) is 16.2. The van der Waals surface area contributed by atoms with Crippen LogP contribution < -0.4 is 0 Å². The molecule has 0 aromatic rings. The Morgan fingerprint density at radius 1 is 1.30 bits per heavy atom. The van der Waals surface area contributed by atoms with Gasteiger partial charge in [0.2, 0.25) is 0 Å². The van der Waals surface area contributed by atoms with Gasteiger partial charge in [0.05, 0.1) is 19.3 Å². The number of ether oxygens (including phenoxy) is 1. The molecule has 0 radical (unpaired) electrons. The highest BCUT2D eigenvalue weighted by atomic mass is 28.4. The maximum absolute atomic E-state index is 11.5. The highest BCUT2D eigenvalue weighted by Crippen LogP contribution is 2.36. The summed E-state index contributed by atoms with van der Waals surface area (Å²) >= 11 is 0. The van der Waals surface area contributed by atoms with E-state index in [1.807, 2.05) is 13.0 Å². The van der Waals surface area contributed by atoms with Crippen LogP contribution in [0.15, 0.2) is 11.6 Å². The van der Waals surface area contributed by atoms with Crippen LogP contribution in [0.4, 0.5) is 0 Å². The molecule has 136 valence electrons. The first-order valence-corrected chi connectivity index (χ1v) is 11.5. The lowest BCUT2D eigenvalue weighted by molar-refractivity contribution is -0.138. The second-order valence-electron chi connectivity index (χ2n) is 7.80. The Morgan fingerprint density at radius 2 is 1.87 bits per heavy atom. The number of allylic oxidation sites excluding steroid dienone is 1. The number of aliphatic hydroxyl groups is 1. The molecule has 0 fully saturated rings. The first-order chi connectivity index (χ1) is 10.4. The molecule has 0 aliphatic carbocycles. The van der Waals surface area contributed by atoms with E-state index in [4.69, 9.17) is 9.16 Å². The van der Waals surface area contributed by atoms with Gasteiger partial charge in [-0.15, -0.1) is 0 Å². The summed E-state index contributed by atoms with van der Waals surface area (Å²) in [4.78, 5) is 11.5. The molecule has 0 aliphatic heterocycles. The van der Waals surface area contributed by atoms with Crippen LogP contribution in [0.25, 0.3) is 0 Å². The maximum atomic E-state index is 11.5. The van der Waals surface area contributed by atoms with Crippen LogP contribution in [0.1, 0.15) is 54.4 Å². The molecule has 1 N–H and O–H groups in total. The minimum absolute atomic E-state index is 0.131. The second-order valence-corrected chi connectivity index (χ2v) is 12.6. The Hall–Kier alpha value is -0.653. The van der Waals surface area contributed by atoms with Crippen molar-refractivity contribution in [3.63, 3.8) is 0 Å². The Balaban J connectivity index is 4.29. The van der Waals surface area contributed by atoms with Gasteiger partial charge in [0.15, 0.2) is 8.32 Å². The lowest BCUT2D eigenvalue weighted by Gasteiger charge is -2.37. The third-order valence-corrected chi connectivity index (χ3v) is 9.25. The Kier molecular flexibility index (Phi) is 9.32. The standard InChI is InChI=1S/C18H36O4Si/c1-9-21-17(20)15(3)12-10-11-14(2)16(19)13-22-23(7,8)18(4,5)6/h12,14,16,19H,9-11,13H2,1-8H3/b15-12+/t14-,16+/m0/s1. The Labute approximate surface area is 143 Å². The summed E-state index contributed by atoms with van der Waals surface area (Å²) in [6, 6.07) is 0. The number of hydrogen-bond acceptors (Lipinski definition) is 4. The van der Waals surface area contributed by atoms with E-state index in [0.717, 1.165) is 12.8 Å². The van der Waals surface area contributed by atoms with Crippen LogP contribution in [0.3, 0.4) is 0 Å². The molecule has 5 heteroatoms. The molecule has 0 aliphatic rings. The van der Waals surface area contributed by atoms with Crippen LogP contribution in [0, 0.1) is 5.92 Å². The van der Waals surface area contributed by atoms with E-state index in [0.29, 0.717) is 18.8 Å². The molecule has 0 saturated heterocycles. The molecule has 0 unspecified atom stereocenters. The number of carbonyl (C=O) groups excluding carboxylic acids is 1. The fourth-order valence-electron chi connectivity index (χ4n) is 1.76. The fraction of sp³-hybridized carbons (Fsp3) is 0.833. The van der Waals surface area contributed by atoms with Crippen LogP contribution in [-0.2, 0) is 14.0 Å². The van der Waals surface area contributed by atoms with Gasteiger partial charge in [0, 0.05) is 5.57 Å². The smallest absolute Gasteiger partial charge is 0.333 e. The summed E-state index contributed by atoms with van der Waals surface area (Å²) < 4.78 is 11.0. The quantitative estimate of drug-likeness (QED) is 0.385. The van der Waals surface area contributed by atoms with E-state index in [1.54, 1.807) is 13.8 Å². The molecule has 0 aromatic heterocycles. The number of carbonyl (C=O) groups is 1. The molecule has 0 spiro atoms. The highest BCUT2D eigenvalue weighted by Gasteiger charge is 2.37. The van der Waals surface area contributed by atoms with Gasteiger partial charge in [-0.05, 0) is 50.7 Å². The van der Waals surface area contributed by atoms with Gasteiger partial charge >= 0.3 is 5.97 Å². The largest absolute Gasteiger partial charge is 0.463 e. The lowest BCUT2D eigenvalue weighted by atomic mass is 9.99. The van der Waals surface area contributed by atoms with Crippen LogP contribution >= 0.6 is 0 Å². The Morgan fingerprint density at radius 3 is 2.35 bits per heavy atom. The minimum Gasteiger partial charge on any atom is -0.463 e. The van der Waals surface area contributed by atoms with Gasteiger partial charge in [-0.1, -0.05) is 33.8 Å². The van der Waals surface area contributed by atoms with E-state index < -0.39 is 14.4 Å². The third kappa shape index (κ3) is 8.13. The molecular formula is C18H36O4Si. The number of aliphatic hydroxyl groups excluding tert-OH is 1. The first kappa shape index (κ1) is 22.3. The fourth-order valence-corrected chi connectivity index (χ4v) is 2.78. The second kappa shape index (κ2) is 9.60. The van der Waals surface area contributed by atoms with Gasteiger partial charge < -0.3 is 14.3 Å². The van der Waals surface area contributed by atoms with E-state index >= 15 is 0 Å². The predicted octanol–water partition coefficient (Wildman–Crippen LogP) is 4.29. The van der Waals surface area contributed by atoms with Gasteiger partial charge in [-0.3, -0.25) is 0 Å². The maximum Gasteiger partial charge on any atom is 0.333 e. The molecule has 0 bridgehead atoms. The number of rotatable bonds is 9. The molecule has 2 atom stereocenters. The van der Waals surface area contributed by atoms with Gasteiger partial charge in [0.1, 0.15) is 0 Å². The normalized spacial score (nSPS) is 16.1. The molecule has 0 amide bonds. The zero-order chi connectivity index (χ0) is 18.3. The van der Waals surface area contributed by atoms with Gasteiger partial charge in [0.25, 0.3) is 0 Å². The van der Waals surface area contributed by atoms with Crippen LogP contribution in [0.2, 0.25) is 18.1 Å². The molecule has 23 heavy (non-hydrogen) atoms. The highest BCUT2D eigenvalue weighted by molar-refractivity contribution is 6.74. The molecule has 0 heterocycles. The first-order valence-electron chi connectivity index (χ1n) is 8.58. The molecular weight excluding hydrogens is 308 g/mol. The average molecular weight is 345 g/mol. The van der Waals surface area contributed by atoms with E-state index in [2.05, 4.69) is 33.9 Å². The van der Waals surface area contributed by atoms with Crippen molar-refractivity contribution in [2.45, 2.75) is 78.6 Å². The molecule has 4 nitrogen and oxygen atoms in total. The van der Waals surface area contributed by atoms with Crippen molar-refractivity contribution in [3.05, 3.63) is 11.6 Å². The topological polar surface area (TPSA) is 55.8 Å². The SMILES string of the molecule is CCOC(=O)/C(C)=C/CC[C@H](C)[C@H](O)CO[Si](C)(C)C(C)(C)C. The van der Waals surface area contributed by atoms with Crippen molar-refractivity contribution in [1.82, 2.24) is 0 Å². The number of hydrogen-bond donors (Lipinski definition) is 1. The van der Waals surface area contributed by atoms with Crippen molar-refractivity contribution in [3.8, 4) is 0 Å². The molecule has 0 aromatic carbocycles. The average Bonchev–Trinajstić information content (AvgIpc) is 2.43. The van der Waals surface area contributed by atoms with Crippen LogP contribution in [-0.4, -0.2) is 38.7 Å². The van der Waals surface area contributed by atoms with Gasteiger partial charge in [-0.2, -0.15) is 0 Å². The van der Waals surface area contributed by atoms with Crippen LogP contribution in [0.5, 0.6) is 0 Å². The van der Waals surface area contributed by atoms with Gasteiger partial charge in [-0.25, -0.2) is 4.79 Å². The molecule has 0 rings (SSSR count). The van der Waals surface area contributed by atoms with E-state index in [-0.39, 0.29) is 16.9 Å². The number of esters is 1. The van der Waals surface area contributed by atoms with Crippen molar-refractivity contribution >= 4 is 14.3 Å². The van der Waals surface area contributed by atoms with Crippen molar-refractivity contribution < 1.29 is 19.1 Å². The van der Waals surface area contributed by atoms with Crippen molar-refractivity contribution in [2.75, 3.05) is 13.2 Å². The van der Waals surface area contributed by atoms with Crippen molar-refractivity contribution in [1.29, 1.82) is 0 Å². The summed E-state index contributed by atoms with van der Waals surface area (Å²) in [5.41, 5.74) is 0.631. The zero-order valence-corrected chi connectivity index (χ0v) is 17.2. The summed E-state index contributed by atoms with van der Waals surface area (Å²) in [5, 5.41) is 10.4.